The summed E-state index contributed by atoms with van der Waals surface area (Å²) in [6.45, 7) is 0. The van der Waals surface area contributed by atoms with Gasteiger partial charge in [-0.2, -0.15) is 0 Å². The average molecular weight is 116 g/mol. The maximum absolute atomic E-state index is 5.45. The second kappa shape index (κ2) is 2.23. The minimum atomic E-state index is 0.162. The lowest BCUT2D eigenvalue weighted by Crippen LogP contribution is -2.37. The van der Waals surface area contributed by atoms with Gasteiger partial charge in [0.25, 0.3) is 0 Å². The van der Waals surface area contributed by atoms with Crippen molar-refractivity contribution in [1.82, 2.24) is 5.32 Å². The molecule has 1 rings (SSSR count). The molecule has 0 aromatic rings. The molecule has 0 aliphatic carbocycles. The molecule has 0 bridgehead atoms. The van der Waals surface area contributed by atoms with Crippen LogP contribution < -0.4 is 11.1 Å². The Labute approximate surface area is 47.2 Å². The topological polar surface area (TPSA) is 38.0 Å². The molecule has 0 amide bonds. The van der Waals surface area contributed by atoms with Crippen molar-refractivity contribution in [2.45, 2.75) is 6.17 Å². The molecule has 0 aromatic heterocycles. The second-order valence-electron chi connectivity index (χ2n) is 1.41. The van der Waals surface area contributed by atoms with Gasteiger partial charge in [0.1, 0.15) is 0 Å². The van der Waals surface area contributed by atoms with Crippen molar-refractivity contribution in [3.63, 3.8) is 0 Å². The summed E-state index contributed by atoms with van der Waals surface area (Å²) in [6.07, 6.45) is 2.04. The molecule has 1 atom stereocenters. The van der Waals surface area contributed by atoms with E-state index in [1.807, 2.05) is 11.6 Å². The zero-order valence-electron chi connectivity index (χ0n) is 3.92. The molecule has 7 heavy (non-hydrogen) atoms. The summed E-state index contributed by atoms with van der Waals surface area (Å²) in [5.74, 6) is 0.983. The number of hydrogen-bond donors (Lipinski definition) is 2. The molecule has 0 spiro atoms. The summed E-state index contributed by atoms with van der Waals surface area (Å²) in [6, 6.07) is 0. The summed E-state index contributed by atoms with van der Waals surface area (Å²) in [7, 11) is 0. The first-order valence-corrected chi connectivity index (χ1v) is 3.23. The van der Waals surface area contributed by atoms with E-state index in [0.29, 0.717) is 0 Å². The summed E-state index contributed by atoms with van der Waals surface area (Å²) < 4.78 is 0. The highest BCUT2D eigenvalue weighted by Crippen LogP contribution is 2.04. The smallest absolute Gasteiger partial charge is 0.0834 e. The van der Waals surface area contributed by atoms with Crippen LogP contribution in [0, 0.1) is 0 Å². The summed E-state index contributed by atoms with van der Waals surface area (Å²) >= 11 is 1.73. The fourth-order valence-corrected chi connectivity index (χ4v) is 1.01. The molecule has 3 heteroatoms. The van der Waals surface area contributed by atoms with Crippen molar-refractivity contribution in [1.29, 1.82) is 0 Å². The first kappa shape index (κ1) is 5.00. The normalized spacial score (nSPS) is 29.6. The maximum Gasteiger partial charge on any atom is 0.0834 e. The molecule has 0 aromatic carbocycles. The first-order chi connectivity index (χ1) is 3.39. The Morgan fingerprint density at radius 1 is 1.86 bits per heavy atom. The molecule has 1 aliphatic rings. The highest BCUT2D eigenvalue weighted by atomic mass is 32.2. The van der Waals surface area contributed by atoms with Crippen LogP contribution in [0.25, 0.3) is 0 Å². The Hall–Kier alpha value is -0.150. The van der Waals surface area contributed by atoms with Gasteiger partial charge in [0.2, 0.25) is 0 Å². The molecule has 2 nitrogen and oxygen atoms in total. The molecule has 3 N–H and O–H groups in total. The van der Waals surface area contributed by atoms with E-state index in [1.165, 1.54) is 0 Å². The fourth-order valence-electron chi connectivity index (χ4n) is 0.418. The molecule has 40 valence electrons. The van der Waals surface area contributed by atoms with Gasteiger partial charge in [-0.25, -0.2) is 0 Å². The van der Waals surface area contributed by atoms with Crippen molar-refractivity contribution in [2.75, 3.05) is 5.75 Å². The monoisotopic (exact) mass is 116 g/mol. The first-order valence-electron chi connectivity index (χ1n) is 2.18. The van der Waals surface area contributed by atoms with Crippen LogP contribution in [0.2, 0.25) is 0 Å². The number of nitrogens with two attached hydrogens (primary N) is 1. The number of thioether (sulfide) groups is 1. The predicted molar refractivity (Wildman–Crippen MR) is 32.7 cm³/mol. The van der Waals surface area contributed by atoms with E-state index < -0.39 is 0 Å². The molecule has 0 fully saturated rings. The fraction of sp³-hybridized carbons (Fsp3) is 0.500. The molecule has 1 aliphatic heterocycles. The molecule has 1 heterocycles. The van der Waals surface area contributed by atoms with Crippen LogP contribution in [-0.2, 0) is 0 Å². The van der Waals surface area contributed by atoms with Gasteiger partial charge >= 0.3 is 0 Å². The van der Waals surface area contributed by atoms with Crippen LogP contribution in [0.1, 0.15) is 0 Å². The van der Waals surface area contributed by atoms with Crippen molar-refractivity contribution < 1.29 is 0 Å². The van der Waals surface area contributed by atoms with Gasteiger partial charge in [0, 0.05) is 12.0 Å². The molecular weight excluding hydrogens is 108 g/mol. The number of nitrogens with one attached hydrogen (secondary N) is 1. The van der Waals surface area contributed by atoms with Crippen molar-refractivity contribution in [3.8, 4) is 0 Å². The van der Waals surface area contributed by atoms with E-state index in [9.17, 15) is 0 Å². The lowest BCUT2D eigenvalue weighted by molar-refractivity contribution is 0.676. The van der Waals surface area contributed by atoms with Gasteiger partial charge in [-0.3, -0.25) is 0 Å². The van der Waals surface area contributed by atoms with E-state index in [0.717, 1.165) is 5.75 Å². The van der Waals surface area contributed by atoms with Crippen LogP contribution in [0.4, 0.5) is 0 Å². The molecule has 0 saturated heterocycles. The highest BCUT2D eigenvalue weighted by molar-refractivity contribution is 8.02. The van der Waals surface area contributed by atoms with Gasteiger partial charge in [-0.05, 0) is 5.41 Å². The zero-order chi connectivity index (χ0) is 5.11. The maximum atomic E-state index is 5.45. The van der Waals surface area contributed by atoms with Crippen LogP contribution in [-0.4, -0.2) is 11.9 Å². The SMILES string of the molecule is NC1CSC=CN1. The molecule has 0 saturated carbocycles. The van der Waals surface area contributed by atoms with Crippen LogP contribution in [0.5, 0.6) is 0 Å². The van der Waals surface area contributed by atoms with Gasteiger partial charge in [0.05, 0.1) is 6.17 Å². The van der Waals surface area contributed by atoms with E-state index in [1.54, 1.807) is 11.8 Å². The Balaban J connectivity index is 2.32. The predicted octanol–water partition coefficient (Wildman–Crippen LogP) is 0.0788. The lowest BCUT2D eigenvalue weighted by Gasteiger charge is -2.13. The Bertz CT molecular complexity index is 81.8. The number of rotatable bonds is 0. The molecule has 1 unspecified atom stereocenters. The Morgan fingerprint density at radius 2 is 2.71 bits per heavy atom. The van der Waals surface area contributed by atoms with E-state index in [4.69, 9.17) is 5.73 Å². The van der Waals surface area contributed by atoms with Crippen molar-refractivity contribution in [3.05, 3.63) is 11.6 Å². The number of hydrogen-bond acceptors (Lipinski definition) is 3. The van der Waals surface area contributed by atoms with Crippen molar-refractivity contribution in [2.24, 2.45) is 5.73 Å². The molecule has 0 radical (unpaired) electrons. The Morgan fingerprint density at radius 3 is 3.00 bits per heavy atom. The second-order valence-corrected chi connectivity index (χ2v) is 2.35. The van der Waals surface area contributed by atoms with Crippen LogP contribution in [0.3, 0.4) is 0 Å². The largest absolute Gasteiger partial charge is 0.375 e. The van der Waals surface area contributed by atoms with Crippen LogP contribution >= 0.6 is 11.8 Å². The third-order valence-electron chi connectivity index (χ3n) is 0.750. The molecular formula is C4H8N2S. The summed E-state index contributed by atoms with van der Waals surface area (Å²) in [5, 5.41) is 4.96. The van der Waals surface area contributed by atoms with Gasteiger partial charge in [-0.15, -0.1) is 11.8 Å². The minimum Gasteiger partial charge on any atom is -0.375 e. The summed E-state index contributed by atoms with van der Waals surface area (Å²) in [5.41, 5.74) is 5.45. The standard InChI is InChI=1S/C4H8N2S/c5-4-3-7-2-1-6-4/h1-2,4,6H,3,5H2. The van der Waals surface area contributed by atoms with Gasteiger partial charge in [0.15, 0.2) is 0 Å². The zero-order valence-corrected chi connectivity index (χ0v) is 4.74. The quantitative estimate of drug-likeness (QED) is 0.470. The van der Waals surface area contributed by atoms with Crippen molar-refractivity contribution >= 4 is 11.8 Å². The van der Waals surface area contributed by atoms with E-state index >= 15 is 0 Å². The van der Waals surface area contributed by atoms with Gasteiger partial charge in [-0.1, -0.05) is 0 Å². The van der Waals surface area contributed by atoms with Crippen LogP contribution in [0.15, 0.2) is 11.6 Å². The third-order valence-corrected chi connectivity index (χ3v) is 1.63. The van der Waals surface area contributed by atoms with Gasteiger partial charge < -0.3 is 11.1 Å². The third kappa shape index (κ3) is 1.41. The lowest BCUT2D eigenvalue weighted by atomic mass is 10.6. The van der Waals surface area contributed by atoms with E-state index in [2.05, 4.69) is 5.32 Å². The summed E-state index contributed by atoms with van der Waals surface area (Å²) in [4.78, 5) is 0. The highest BCUT2D eigenvalue weighted by Gasteiger charge is 1.99. The average Bonchev–Trinajstić information content (AvgIpc) is 1.69. The van der Waals surface area contributed by atoms with E-state index in [-0.39, 0.29) is 6.17 Å². The minimum absolute atomic E-state index is 0.162. The Kier molecular flexibility index (Phi) is 1.59.